The number of aliphatic imine (C=N–C) groups is 1. The number of rotatable bonds is 49. The number of primary amides is 1. The lowest BCUT2D eigenvalue weighted by atomic mass is 9.99. The molecule has 0 radical (unpaired) electrons. The van der Waals surface area contributed by atoms with Gasteiger partial charge in [0.2, 0.25) is 70.9 Å². The molecule has 0 spiro atoms. The number of thiol groups is 2. The van der Waals surface area contributed by atoms with Gasteiger partial charge in [-0.15, -0.1) is 0 Å². The minimum Gasteiger partial charge on any atom is -0.508 e. The van der Waals surface area contributed by atoms with Crippen LogP contribution >= 0.6 is 25.3 Å². The molecule has 2 aromatic carbocycles. The van der Waals surface area contributed by atoms with Crippen LogP contribution in [0.5, 0.6) is 11.5 Å². The normalized spacial score (nSPS) is 15.0. The lowest BCUT2D eigenvalue weighted by molar-refractivity contribution is -0.142. The van der Waals surface area contributed by atoms with Crippen LogP contribution in [-0.4, -0.2) is 232 Å². The Balaban J connectivity index is 2.37. The first kappa shape index (κ1) is 89.9. The minimum absolute atomic E-state index is 0.00873. The summed E-state index contributed by atoms with van der Waals surface area (Å²) in [5.74, 6) is -14.3. The maximum atomic E-state index is 14.3. The molecule has 0 unspecified atom stereocenters. The molecule has 0 bridgehead atoms. The molecule has 103 heavy (non-hydrogen) atoms. The summed E-state index contributed by atoms with van der Waals surface area (Å²) < 4.78 is -1.35. The third kappa shape index (κ3) is 33.2. The number of hydrogen-bond donors (Lipinski definition) is 26. The van der Waals surface area contributed by atoms with Crippen molar-refractivity contribution in [3.05, 3.63) is 59.7 Å². The fourth-order valence-corrected chi connectivity index (χ4v) is 10.4. The summed E-state index contributed by atoms with van der Waals surface area (Å²) in [6, 6.07) is -6.97. The largest absolute Gasteiger partial charge is 0.508 e. The van der Waals surface area contributed by atoms with Gasteiger partial charge in [-0.3, -0.25) is 62.5 Å². The van der Waals surface area contributed by atoms with Crippen molar-refractivity contribution in [2.75, 3.05) is 45.0 Å². The molecule has 0 aliphatic rings. The highest BCUT2D eigenvalue weighted by molar-refractivity contribution is 7.81. The number of hydrogen-bond acceptors (Lipinski definition) is 25. The number of nitrogens with one attached hydrogen (secondary N) is 11. The molecule has 12 amide bonds. The second-order valence-electron chi connectivity index (χ2n) is 24.8. The number of carboxylic acids is 1. The Morgan fingerprint density at radius 1 is 0.447 bits per heavy atom. The Morgan fingerprint density at radius 3 is 1.19 bits per heavy atom. The smallest absolute Gasteiger partial charge is 0.326 e. The predicted molar refractivity (Wildman–Crippen MR) is 385 cm³/mol. The number of aliphatic carboxylic acids is 1. The Morgan fingerprint density at radius 2 is 0.806 bits per heavy atom. The fraction of sp³-hybridized carbons (Fsp3) is 0.587. The summed E-state index contributed by atoms with van der Waals surface area (Å²) in [5, 5.41) is 67.2. The van der Waals surface area contributed by atoms with E-state index >= 15 is 0 Å². The average molecular weight is 1490 g/mol. The zero-order valence-corrected chi connectivity index (χ0v) is 59.7. The number of nitrogens with two attached hydrogens (primary N) is 9. The second kappa shape index (κ2) is 46.4. The molecule has 0 heterocycles. The molecule has 38 nitrogen and oxygen atoms in total. The highest BCUT2D eigenvalue weighted by Gasteiger charge is 2.40. The van der Waals surface area contributed by atoms with Crippen LogP contribution in [0.15, 0.2) is 53.5 Å². The quantitative estimate of drug-likeness (QED) is 0.0127. The summed E-state index contributed by atoms with van der Waals surface area (Å²) in [4.78, 5) is 182. The highest BCUT2D eigenvalue weighted by atomic mass is 32.1. The maximum absolute atomic E-state index is 14.3. The first-order valence-corrected chi connectivity index (χ1v) is 34.4. The van der Waals surface area contributed by atoms with E-state index in [4.69, 9.17) is 51.6 Å². The van der Waals surface area contributed by atoms with Gasteiger partial charge in [0.1, 0.15) is 78.0 Å². The number of amides is 12. The van der Waals surface area contributed by atoms with Crippen LogP contribution in [0.4, 0.5) is 0 Å². The average Bonchev–Trinajstić information content (AvgIpc) is 0.840. The first-order chi connectivity index (χ1) is 48.5. The number of phenolic OH excluding ortho intramolecular Hbond substituents is 2. The molecular weight excluding hydrogens is 1390 g/mol. The van der Waals surface area contributed by atoms with Crippen LogP contribution in [0.25, 0.3) is 0 Å². The van der Waals surface area contributed by atoms with Crippen LogP contribution in [0.3, 0.4) is 0 Å². The molecule has 0 saturated heterocycles. The van der Waals surface area contributed by atoms with Crippen LogP contribution < -0.4 is 110 Å². The van der Waals surface area contributed by atoms with Crippen LogP contribution in [0.1, 0.15) is 103 Å². The van der Waals surface area contributed by atoms with Crippen molar-refractivity contribution in [2.45, 2.75) is 188 Å². The van der Waals surface area contributed by atoms with Gasteiger partial charge < -0.3 is 131 Å². The molecule has 13 atom stereocenters. The molecule has 576 valence electrons. The van der Waals surface area contributed by atoms with E-state index in [1.165, 1.54) is 62.4 Å². The van der Waals surface area contributed by atoms with E-state index in [0.29, 0.717) is 17.5 Å². The molecule has 2 rings (SSSR count). The van der Waals surface area contributed by atoms with Gasteiger partial charge in [0.05, 0.1) is 18.6 Å². The number of carbonyl (C=O) groups excluding carboxylic acids is 12. The SMILES string of the molecule is C[C@@H](O)[C@H](NC(=O)[C@H](CCN)NC(=O)[C@H](CCCN=C(N)N)NC(=O)[C@H](CC(N)=O)NC(=O)[C@@H](NC(=O)[C@@H](N)Cc1ccc(O)cc1)C(C)(C)S)C(=O)N[C@H](CCN)C(=O)N[C@@H](CCCCN)C(=O)N[C@@H](CS)C(=O)N[C@@H](CCN)C(=O)N[C@@H](CCCN)C(=O)N[C@@H](Cc1ccc(O)cc1)C(=O)O. The zero-order chi connectivity index (χ0) is 77.7. The monoisotopic (exact) mass is 1490 g/mol. The number of unbranched alkanes of at least 4 members (excludes halogenated alkanes) is 1. The van der Waals surface area contributed by atoms with E-state index in [1.807, 2.05) is 0 Å². The van der Waals surface area contributed by atoms with Crippen molar-refractivity contribution in [1.29, 1.82) is 0 Å². The summed E-state index contributed by atoms with van der Waals surface area (Å²) in [5.41, 5.74) is 52.8. The molecule has 0 saturated carbocycles. The summed E-state index contributed by atoms with van der Waals surface area (Å²) in [7, 11) is 0. The molecule has 40 heteroatoms. The van der Waals surface area contributed by atoms with Gasteiger partial charge in [0.25, 0.3) is 0 Å². The molecule has 33 N–H and O–H groups in total. The molecule has 2 aromatic rings. The number of aliphatic hydroxyl groups excluding tert-OH is 1. The summed E-state index contributed by atoms with van der Waals surface area (Å²) >= 11 is 8.74. The van der Waals surface area contributed by atoms with Gasteiger partial charge in [-0.25, -0.2) is 4.79 Å². The van der Waals surface area contributed by atoms with Crippen LogP contribution in [0, 0.1) is 0 Å². The third-order valence-electron chi connectivity index (χ3n) is 15.6. The van der Waals surface area contributed by atoms with Gasteiger partial charge >= 0.3 is 5.97 Å². The zero-order valence-electron chi connectivity index (χ0n) is 57.9. The van der Waals surface area contributed by atoms with Crippen molar-refractivity contribution >= 4 is 108 Å². The maximum Gasteiger partial charge on any atom is 0.326 e. The van der Waals surface area contributed by atoms with Gasteiger partial charge in [-0.2, -0.15) is 25.3 Å². The Bertz CT molecular complexity index is 3170. The Labute approximate surface area is 607 Å². The number of aromatic hydroxyl groups is 2. The molecule has 0 aliphatic carbocycles. The number of carbonyl (C=O) groups is 13. The second-order valence-corrected chi connectivity index (χ2v) is 26.3. The summed E-state index contributed by atoms with van der Waals surface area (Å²) in [6.45, 7) is 3.48. The number of phenols is 2. The van der Waals surface area contributed by atoms with E-state index < -0.39 is 167 Å². The van der Waals surface area contributed by atoms with Crippen LogP contribution in [-0.2, 0) is 75.2 Å². The lowest BCUT2D eigenvalue weighted by Gasteiger charge is -2.32. The lowest BCUT2D eigenvalue weighted by Crippen LogP contribution is -2.63. The number of carboxylic acid groups (broad SMARTS) is 1. The van der Waals surface area contributed by atoms with Crippen LogP contribution in [0.2, 0.25) is 0 Å². The molecule has 0 aliphatic heterocycles. The Kier molecular flexibility index (Phi) is 40.6. The topological polar surface area (TPSA) is 682 Å². The standard InChI is InChI=1S/C63H105N21O17S2/c1-32(85)48(83-56(95)43(21-26-68)77-51(90)40(10-7-27-73-62(71)72)76-57(96)44(30-47(70)88)80-60(99)49(63(2,3)103)84-50(89)37(69)28-33-11-15-35(86)16-12-33)59(98)79-42(20-25-67)55(94)74-38(8-4-5-22-64)53(92)82-46(31-102)58(97)78-41(19-24-66)54(93)75-39(9-6-23-65)52(91)81-45(61(100)101)29-34-13-17-36(87)18-14-34/h11-18,32,37-46,48-49,85-87,102-103H,4-10,19-31,64-69H2,1-3H3,(H2,70,88)(H,74,94)(H,75,93)(H,76,96)(H,77,90)(H,78,97)(H,79,98)(H,80,99)(H,81,91)(H,82,92)(H,83,95)(H,84,89)(H,100,101)(H4,71,72,73)/t32-,37+,38+,39+,40+,41+,42-,43+,44+,45+,46+,48+,49-/m1/s1. The van der Waals surface area contributed by atoms with E-state index in [9.17, 15) is 82.8 Å². The summed E-state index contributed by atoms with van der Waals surface area (Å²) in [6.07, 6.45) is -3.25. The van der Waals surface area contributed by atoms with Crippen molar-refractivity contribution in [3.8, 4) is 11.5 Å². The van der Waals surface area contributed by atoms with E-state index in [1.54, 1.807) is 0 Å². The molecular formula is C63H105N21O17S2. The first-order valence-electron chi connectivity index (χ1n) is 33.3. The van der Waals surface area contributed by atoms with Gasteiger partial charge in [0, 0.05) is 23.5 Å². The van der Waals surface area contributed by atoms with Crippen molar-refractivity contribution in [3.63, 3.8) is 0 Å². The number of nitrogens with zero attached hydrogens (tertiary/aromatic N) is 1. The van der Waals surface area contributed by atoms with Gasteiger partial charge in [-0.05, 0) is 160 Å². The van der Waals surface area contributed by atoms with Crippen molar-refractivity contribution < 1.29 is 82.8 Å². The highest BCUT2D eigenvalue weighted by Crippen LogP contribution is 2.20. The van der Waals surface area contributed by atoms with Crippen molar-refractivity contribution in [1.82, 2.24) is 58.5 Å². The number of aliphatic hydroxyl groups is 1. The molecule has 0 fully saturated rings. The van der Waals surface area contributed by atoms with Crippen molar-refractivity contribution in [2.24, 2.45) is 56.6 Å². The third-order valence-corrected chi connectivity index (χ3v) is 16.3. The Hall–Kier alpha value is -9.16. The van der Waals surface area contributed by atoms with E-state index in [0.717, 1.165) is 6.92 Å². The van der Waals surface area contributed by atoms with Gasteiger partial charge in [-0.1, -0.05) is 24.3 Å². The number of benzene rings is 2. The van der Waals surface area contributed by atoms with E-state index in [-0.39, 0.29) is 133 Å². The fourth-order valence-electron chi connectivity index (χ4n) is 9.98. The van der Waals surface area contributed by atoms with E-state index in [2.05, 4.69) is 88.7 Å². The predicted octanol–water partition coefficient (Wildman–Crippen LogP) is -8.51. The number of guanidine groups is 1. The molecule has 0 aromatic heterocycles. The van der Waals surface area contributed by atoms with Gasteiger partial charge in [0.15, 0.2) is 5.96 Å². The minimum atomic E-state index is -1.89.